The topological polar surface area (TPSA) is 0 Å². The summed E-state index contributed by atoms with van der Waals surface area (Å²) in [6.07, 6.45) is 0. The van der Waals surface area contributed by atoms with E-state index < -0.39 is 37.0 Å². The van der Waals surface area contributed by atoms with Crippen LogP contribution in [-0.2, 0) is 0 Å². The van der Waals surface area contributed by atoms with Gasteiger partial charge < -0.3 is 8.22 Å². The van der Waals surface area contributed by atoms with Crippen molar-refractivity contribution in [2.45, 2.75) is 103 Å². The first-order valence-corrected chi connectivity index (χ1v) is 13.5. The highest BCUT2D eigenvalue weighted by Gasteiger charge is 2.58. The summed E-state index contributed by atoms with van der Waals surface area (Å²) < 4.78 is 33.0. The molecule has 0 unspecified atom stereocenters. The number of hydrogen-bond acceptors (Lipinski definition) is 0. The van der Waals surface area contributed by atoms with Crippen LogP contribution in [0.3, 0.4) is 0 Å². The second-order valence-electron chi connectivity index (χ2n) is 11.9. The van der Waals surface area contributed by atoms with Gasteiger partial charge in [-0.2, -0.15) is 0 Å². The largest absolute Gasteiger partial charge is 0.307 e. The zero-order chi connectivity index (χ0) is 21.0. The van der Waals surface area contributed by atoms with Gasteiger partial charge in [0.2, 0.25) is 0 Å². The Morgan fingerprint density at radius 1 is 0.462 bits per heavy atom. The third-order valence-electron chi connectivity index (χ3n) is 5.81. The molecule has 0 amide bonds. The predicted octanol–water partition coefficient (Wildman–Crippen LogP) is 7.13. The Bertz CT molecular complexity index is 536. The molecule has 0 saturated carbocycles. The lowest BCUT2D eigenvalue weighted by Crippen LogP contribution is -2.60. The molecule has 150 valence electrons. The molecule has 0 aliphatic heterocycles. The molecule has 1 rings (SSSR count). The molecule has 0 N–H and O–H groups in total. The fraction of sp³-hybridized carbons (Fsp3) is 0.727. The van der Waals surface area contributed by atoms with Gasteiger partial charge in [-0.1, -0.05) is 107 Å². The summed E-state index contributed by atoms with van der Waals surface area (Å²) in [6, 6.07) is 7.54. The first kappa shape index (κ1) is 23.6. The van der Waals surface area contributed by atoms with Crippen molar-refractivity contribution >= 4 is 27.2 Å². The van der Waals surface area contributed by atoms with E-state index in [9.17, 15) is 0 Å². The smallest absolute Gasteiger partial charge is 0.288 e. The van der Waals surface area contributed by atoms with Crippen LogP contribution < -0.4 is 10.4 Å². The third-order valence-corrected chi connectivity index (χ3v) is 16.3. The molecule has 0 radical (unpaired) electrons. The van der Waals surface area contributed by atoms with Crippen molar-refractivity contribution in [2.75, 3.05) is 0 Å². The van der Waals surface area contributed by atoms with Gasteiger partial charge in [-0.15, -0.1) is 0 Å². The Morgan fingerprint density at radius 3 is 0.731 bits per heavy atom. The molecule has 0 fully saturated rings. The minimum absolute atomic E-state index is 0.426. The van der Waals surface area contributed by atoms with Crippen LogP contribution in [0.5, 0.6) is 0 Å². The summed E-state index contributed by atoms with van der Waals surface area (Å²) in [7, 11) is -6.62. The second-order valence-corrected chi connectivity index (χ2v) is 21.7. The van der Waals surface area contributed by atoms with Gasteiger partial charge in [-0.05, 0) is 30.5 Å². The van der Waals surface area contributed by atoms with E-state index in [4.69, 9.17) is 0 Å². The molecule has 0 bridgehead atoms. The minimum Gasteiger partial charge on any atom is -0.307 e. The van der Waals surface area contributed by atoms with Crippen LogP contribution in [-0.4, -0.2) is 16.8 Å². The molecule has 0 aliphatic carbocycles. The highest BCUT2D eigenvalue weighted by molar-refractivity contribution is 6.92. The van der Waals surface area contributed by atoms with Crippen LogP contribution in [0.25, 0.3) is 0 Å². The summed E-state index contributed by atoms with van der Waals surface area (Å²) in [5.41, 5.74) is 0. The van der Waals surface area contributed by atoms with E-state index >= 15 is 8.22 Å². The highest BCUT2D eigenvalue weighted by Crippen LogP contribution is 2.53. The fourth-order valence-electron chi connectivity index (χ4n) is 4.91. The van der Waals surface area contributed by atoms with Gasteiger partial charge in [0.1, 0.15) is 0 Å². The summed E-state index contributed by atoms with van der Waals surface area (Å²) in [5, 5.41) is -0.146. The van der Waals surface area contributed by atoms with Crippen LogP contribution in [0.1, 0.15) is 83.1 Å². The van der Waals surface area contributed by atoms with Gasteiger partial charge in [0.25, 0.3) is 16.8 Å². The molecule has 26 heavy (non-hydrogen) atoms. The van der Waals surface area contributed by atoms with Crippen LogP contribution in [0.15, 0.2) is 24.3 Å². The van der Waals surface area contributed by atoms with Crippen LogP contribution in [0, 0.1) is 0 Å². The number of benzene rings is 1. The maximum atomic E-state index is 16.5. The summed E-state index contributed by atoms with van der Waals surface area (Å²) >= 11 is 0. The molecule has 0 saturated heterocycles. The second kappa shape index (κ2) is 6.54. The lowest BCUT2D eigenvalue weighted by atomic mass is 10.2. The lowest BCUT2D eigenvalue weighted by Gasteiger charge is -2.46. The first-order valence-electron chi connectivity index (χ1n) is 9.70. The minimum atomic E-state index is -3.31. The van der Waals surface area contributed by atoms with Crippen molar-refractivity contribution in [1.82, 2.24) is 0 Å². The molecular formula is C22H40F2Si2. The van der Waals surface area contributed by atoms with Gasteiger partial charge in [0.15, 0.2) is 0 Å². The quantitative estimate of drug-likeness (QED) is 0.367. The Morgan fingerprint density at radius 2 is 0.615 bits per heavy atom. The molecule has 0 spiro atoms. The van der Waals surface area contributed by atoms with Crippen LogP contribution in [0.4, 0.5) is 8.22 Å². The van der Waals surface area contributed by atoms with Gasteiger partial charge in [-0.3, -0.25) is 0 Å². The molecule has 4 heteroatoms. The number of halogens is 2. The van der Waals surface area contributed by atoms with Gasteiger partial charge in [0, 0.05) is 0 Å². The Kier molecular flexibility index (Phi) is 5.93. The van der Waals surface area contributed by atoms with E-state index in [0.29, 0.717) is 0 Å². The summed E-state index contributed by atoms with van der Waals surface area (Å²) in [4.78, 5) is 0. The molecule has 1 aromatic carbocycles. The monoisotopic (exact) mass is 398 g/mol. The van der Waals surface area contributed by atoms with Crippen LogP contribution in [0.2, 0.25) is 20.2 Å². The molecule has 0 nitrogen and oxygen atoms in total. The summed E-state index contributed by atoms with van der Waals surface area (Å²) in [5.74, 6) is 0. The SMILES string of the molecule is CC(C)(C)[Si](F)(c1ccc([Si](F)(C(C)(C)C)C(C)(C)C)cc1)C(C)(C)C. The average molecular weight is 399 g/mol. The molecule has 0 atom stereocenters. The first-order chi connectivity index (χ1) is 11.2. The van der Waals surface area contributed by atoms with E-state index in [2.05, 4.69) is 0 Å². The molecule has 0 aromatic heterocycles. The van der Waals surface area contributed by atoms with E-state index in [1.54, 1.807) is 0 Å². The molecule has 1 aromatic rings. The van der Waals surface area contributed by atoms with Gasteiger partial charge in [-0.25, -0.2) is 0 Å². The predicted molar refractivity (Wildman–Crippen MR) is 118 cm³/mol. The van der Waals surface area contributed by atoms with Crippen molar-refractivity contribution in [3.63, 3.8) is 0 Å². The standard InChI is InChI=1S/C22H40F2Si2/c1-19(2,3)25(23,20(4,5)6)17-13-15-18(16-14-17)26(24,21(7,8)9)22(10,11)12/h13-16H,1-12H3. The third kappa shape index (κ3) is 3.60. The van der Waals surface area contributed by atoms with Crippen molar-refractivity contribution in [3.05, 3.63) is 24.3 Å². The highest BCUT2D eigenvalue weighted by atomic mass is 28.4. The number of hydrogen-bond donors (Lipinski definition) is 0. The normalized spacial score (nSPS) is 15.3. The van der Waals surface area contributed by atoms with Crippen molar-refractivity contribution in [3.8, 4) is 0 Å². The maximum absolute atomic E-state index is 16.5. The van der Waals surface area contributed by atoms with Gasteiger partial charge in [0.05, 0.1) is 0 Å². The summed E-state index contributed by atoms with van der Waals surface area (Å²) in [6.45, 7) is 24.0. The molecular weight excluding hydrogens is 358 g/mol. The molecule has 0 heterocycles. The Balaban J connectivity index is 3.61. The zero-order valence-electron chi connectivity index (χ0n) is 19.1. The van der Waals surface area contributed by atoms with E-state index in [-0.39, 0.29) is 0 Å². The van der Waals surface area contributed by atoms with Crippen molar-refractivity contribution in [1.29, 1.82) is 0 Å². The van der Waals surface area contributed by atoms with Gasteiger partial charge >= 0.3 is 0 Å². The lowest BCUT2D eigenvalue weighted by molar-refractivity contribution is 0.533. The molecule has 0 aliphatic rings. The fourth-order valence-corrected chi connectivity index (χ4v) is 14.1. The Labute approximate surface area is 163 Å². The Hall–Kier alpha value is -0.486. The average Bonchev–Trinajstić information content (AvgIpc) is 2.40. The van der Waals surface area contributed by atoms with E-state index in [1.807, 2.05) is 107 Å². The van der Waals surface area contributed by atoms with E-state index in [1.165, 1.54) is 0 Å². The zero-order valence-corrected chi connectivity index (χ0v) is 21.1. The number of rotatable bonds is 2. The van der Waals surface area contributed by atoms with Crippen molar-refractivity contribution in [2.24, 2.45) is 0 Å². The van der Waals surface area contributed by atoms with Crippen molar-refractivity contribution < 1.29 is 8.22 Å². The van der Waals surface area contributed by atoms with E-state index in [0.717, 1.165) is 10.4 Å². The van der Waals surface area contributed by atoms with Crippen LogP contribution >= 0.6 is 0 Å². The maximum Gasteiger partial charge on any atom is 0.288 e.